The highest BCUT2D eigenvalue weighted by molar-refractivity contribution is 5.94. The van der Waals surface area contributed by atoms with Crippen molar-refractivity contribution in [2.24, 2.45) is 11.5 Å². The molecule has 0 bridgehead atoms. The molecule has 2 rings (SSSR count). The van der Waals surface area contributed by atoms with E-state index in [2.05, 4.69) is 25.9 Å². The van der Waals surface area contributed by atoms with Gasteiger partial charge in [0.2, 0.25) is 23.6 Å². The third kappa shape index (κ3) is 9.63. The number of nitrogens with one attached hydrogen (secondary N) is 4. The number of carboxylic acids is 1. The van der Waals surface area contributed by atoms with Crippen LogP contribution in [0.4, 0.5) is 0 Å². The summed E-state index contributed by atoms with van der Waals surface area (Å²) in [5.41, 5.74) is 12.1. The fourth-order valence-corrected chi connectivity index (χ4v) is 3.51. The normalized spacial score (nSPS) is 14.8. The lowest BCUT2D eigenvalue weighted by atomic mass is 10.0. The molecular weight excluding hydrogens is 498 g/mol. The number of amides is 4. The predicted octanol–water partition coefficient (Wildman–Crippen LogP) is -2.29. The number of aromatic amines is 1. The molecule has 10 N–H and O–H groups in total. The van der Waals surface area contributed by atoms with Crippen LogP contribution in [0.15, 0.2) is 42.9 Å². The summed E-state index contributed by atoms with van der Waals surface area (Å²) in [5, 5.41) is 26.4. The van der Waals surface area contributed by atoms with Crippen molar-refractivity contribution >= 4 is 29.6 Å². The maximum atomic E-state index is 13.4. The van der Waals surface area contributed by atoms with Crippen molar-refractivity contribution in [3.63, 3.8) is 0 Å². The lowest BCUT2D eigenvalue weighted by Gasteiger charge is -2.25. The smallest absolute Gasteiger partial charge is 0.328 e. The summed E-state index contributed by atoms with van der Waals surface area (Å²) in [5.74, 6) is -4.40. The third-order valence-electron chi connectivity index (χ3n) is 5.61. The first kappa shape index (κ1) is 29.9. The zero-order valence-corrected chi connectivity index (χ0v) is 20.8. The molecule has 14 heteroatoms. The van der Waals surface area contributed by atoms with Crippen LogP contribution in [0.5, 0.6) is 0 Å². The largest absolute Gasteiger partial charge is 0.480 e. The number of rotatable bonds is 15. The number of nitrogens with two attached hydrogens (primary N) is 2. The van der Waals surface area contributed by atoms with Crippen molar-refractivity contribution in [3.8, 4) is 0 Å². The molecule has 0 spiro atoms. The first-order valence-electron chi connectivity index (χ1n) is 11.8. The van der Waals surface area contributed by atoms with Gasteiger partial charge >= 0.3 is 5.97 Å². The number of primary amides is 1. The summed E-state index contributed by atoms with van der Waals surface area (Å²) < 4.78 is 0. The Morgan fingerprint density at radius 1 is 0.974 bits per heavy atom. The molecule has 1 heterocycles. The average molecular weight is 532 g/mol. The van der Waals surface area contributed by atoms with E-state index in [-0.39, 0.29) is 25.7 Å². The van der Waals surface area contributed by atoms with Crippen molar-refractivity contribution in [1.29, 1.82) is 0 Å². The van der Waals surface area contributed by atoms with Crippen LogP contribution >= 0.6 is 0 Å². The van der Waals surface area contributed by atoms with Gasteiger partial charge in [-0.15, -0.1) is 0 Å². The highest BCUT2D eigenvalue weighted by Gasteiger charge is 2.32. The summed E-state index contributed by atoms with van der Waals surface area (Å²) in [4.78, 5) is 68.2. The number of imidazole rings is 1. The second-order valence-electron chi connectivity index (χ2n) is 8.77. The molecule has 0 saturated carbocycles. The maximum absolute atomic E-state index is 13.4. The number of carbonyl (C=O) groups is 5. The third-order valence-corrected chi connectivity index (χ3v) is 5.61. The highest BCUT2D eigenvalue weighted by Crippen LogP contribution is 2.07. The number of aliphatic hydroxyl groups is 1. The van der Waals surface area contributed by atoms with Gasteiger partial charge in [-0.1, -0.05) is 30.3 Å². The number of carbonyl (C=O) groups excluding carboxylic acids is 4. The molecule has 0 fully saturated rings. The molecule has 0 aliphatic heterocycles. The average Bonchev–Trinajstić information content (AvgIpc) is 3.38. The van der Waals surface area contributed by atoms with E-state index in [9.17, 15) is 34.2 Å². The van der Waals surface area contributed by atoms with Gasteiger partial charge in [0.1, 0.15) is 12.1 Å². The first-order valence-corrected chi connectivity index (χ1v) is 11.8. The van der Waals surface area contributed by atoms with Gasteiger partial charge in [0, 0.05) is 31.2 Å². The van der Waals surface area contributed by atoms with Crippen molar-refractivity contribution < 1.29 is 34.2 Å². The molecule has 38 heavy (non-hydrogen) atoms. The van der Waals surface area contributed by atoms with Crippen LogP contribution in [-0.2, 0) is 36.8 Å². The second-order valence-corrected chi connectivity index (χ2v) is 8.77. The molecule has 14 nitrogen and oxygen atoms in total. The number of aromatic nitrogens is 2. The number of benzene rings is 1. The molecule has 5 unspecified atom stereocenters. The van der Waals surface area contributed by atoms with Gasteiger partial charge in [-0.25, -0.2) is 9.78 Å². The van der Waals surface area contributed by atoms with Gasteiger partial charge in [0.25, 0.3) is 0 Å². The molecule has 2 aromatic rings. The van der Waals surface area contributed by atoms with Crippen LogP contribution in [0.3, 0.4) is 0 Å². The Morgan fingerprint density at radius 3 is 2.13 bits per heavy atom. The minimum absolute atomic E-state index is 0.0262. The van der Waals surface area contributed by atoms with Crippen molar-refractivity contribution in [2.75, 3.05) is 0 Å². The van der Waals surface area contributed by atoms with Crippen molar-refractivity contribution in [3.05, 3.63) is 54.1 Å². The standard InChI is InChI=1S/C24H33N7O7/c1-13(32)20(24(37)38)31-23(36)18(10-15-11-27-12-28-15)30-22(35)17(9-14-5-3-2-4-6-14)29-21(34)16(25)7-8-19(26)33/h2-6,11-13,16-18,20,32H,7-10,25H2,1H3,(H2,26,33)(H,27,28)(H,29,34)(H,30,35)(H,31,36)(H,37,38). The van der Waals surface area contributed by atoms with E-state index in [0.29, 0.717) is 11.3 Å². The number of hydrogen-bond donors (Lipinski definition) is 8. The topological polar surface area (TPSA) is 243 Å². The minimum atomic E-state index is -1.62. The molecular formula is C24H33N7O7. The van der Waals surface area contributed by atoms with Crippen LogP contribution in [0.25, 0.3) is 0 Å². The van der Waals surface area contributed by atoms with E-state index in [0.717, 1.165) is 0 Å². The molecule has 4 amide bonds. The Morgan fingerprint density at radius 2 is 1.58 bits per heavy atom. The zero-order valence-electron chi connectivity index (χ0n) is 20.8. The van der Waals surface area contributed by atoms with Gasteiger partial charge < -0.3 is 42.6 Å². The molecule has 0 radical (unpaired) electrons. The lowest BCUT2D eigenvalue weighted by molar-refractivity contribution is -0.145. The van der Waals surface area contributed by atoms with Crippen LogP contribution in [0, 0.1) is 0 Å². The van der Waals surface area contributed by atoms with Crippen molar-refractivity contribution in [1.82, 2.24) is 25.9 Å². The summed E-state index contributed by atoms with van der Waals surface area (Å²) in [6.45, 7) is 1.20. The van der Waals surface area contributed by atoms with E-state index in [1.807, 2.05) is 0 Å². The van der Waals surface area contributed by atoms with Crippen molar-refractivity contribution in [2.45, 2.75) is 62.9 Å². The number of nitrogens with zero attached hydrogens (tertiary/aromatic N) is 1. The molecule has 5 atom stereocenters. The van der Waals surface area contributed by atoms with E-state index in [1.54, 1.807) is 30.3 Å². The number of carboxylic acid groups (broad SMARTS) is 1. The van der Waals surface area contributed by atoms with E-state index in [1.165, 1.54) is 19.4 Å². The molecule has 0 aliphatic carbocycles. The Balaban J connectivity index is 2.25. The summed E-state index contributed by atoms with van der Waals surface area (Å²) in [7, 11) is 0. The lowest BCUT2D eigenvalue weighted by Crippen LogP contribution is -2.59. The first-order chi connectivity index (χ1) is 18.0. The number of aliphatic carboxylic acids is 1. The second kappa shape index (κ2) is 14.4. The number of H-pyrrole nitrogens is 1. The molecule has 1 aromatic carbocycles. The van der Waals surface area contributed by atoms with Gasteiger partial charge in [0.05, 0.1) is 18.5 Å². The molecule has 1 aromatic heterocycles. The number of hydrogen-bond acceptors (Lipinski definition) is 8. The van der Waals surface area contributed by atoms with E-state index >= 15 is 0 Å². The zero-order chi connectivity index (χ0) is 28.2. The molecule has 206 valence electrons. The van der Waals surface area contributed by atoms with Crippen LogP contribution < -0.4 is 27.4 Å². The van der Waals surface area contributed by atoms with Crippen LogP contribution in [0.2, 0.25) is 0 Å². The van der Waals surface area contributed by atoms with Crippen LogP contribution in [-0.4, -0.2) is 80.1 Å². The fraction of sp³-hybridized carbons (Fsp3) is 0.417. The minimum Gasteiger partial charge on any atom is -0.480 e. The Kier molecular flexibility index (Phi) is 11.4. The van der Waals surface area contributed by atoms with Gasteiger partial charge in [-0.3, -0.25) is 19.2 Å². The SMILES string of the molecule is CC(O)C(NC(=O)C(Cc1cnc[nH]1)NC(=O)C(Cc1ccccc1)NC(=O)C(N)CCC(N)=O)C(=O)O. The molecule has 0 saturated heterocycles. The predicted molar refractivity (Wildman–Crippen MR) is 134 cm³/mol. The van der Waals surface area contributed by atoms with Crippen LogP contribution in [0.1, 0.15) is 31.0 Å². The van der Waals surface area contributed by atoms with Gasteiger partial charge in [-0.05, 0) is 18.9 Å². The Hall–Kier alpha value is -4.30. The summed E-state index contributed by atoms with van der Waals surface area (Å²) >= 11 is 0. The van der Waals surface area contributed by atoms with Gasteiger partial charge in [-0.2, -0.15) is 0 Å². The maximum Gasteiger partial charge on any atom is 0.328 e. The quantitative estimate of drug-likeness (QED) is 0.123. The van der Waals surface area contributed by atoms with Gasteiger partial charge in [0.15, 0.2) is 6.04 Å². The monoisotopic (exact) mass is 531 g/mol. The molecule has 0 aliphatic rings. The summed E-state index contributed by atoms with van der Waals surface area (Å²) in [6.07, 6.45) is 1.20. The van der Waals surface area contributed by atoms with E-state index in [4.69, 9.17) is 11.5 Å². The van der Waals surface area contributed by atoms with E-state index < -0.39 is 59.9 Å². The Labute approximate surface area is 218 Å². The fourth-order valence-electron chi connectivity index (χ4n) is 3.51. The Bertz CT molecular complexity index is 1090. The number of aliphatic hydroxyl groups excluding tert-OH is 1. The highest BCUT2D eigenvalue weighted by atomic mass is 16.4. The summed E-state index contributed by atoms with van der Waals surface area (Å²) in [6, 6.07) is 3.58.